The van der Waals surface area contributed by atoms with Crippen molar-refractivity contribution in [1.29, 1.82) is 5.26 Å². The van der Waals surface area contributed by atoms with E-state index in [1.165, 1.54) is 0 Å². The third-order valence-electron chi connectivity index (χ3n) is 3.29. The zero-order chi connectivity index (χ0) is 16.7. The number of benzene rings is 2. The van der Waals surface area contributed by atoms with Crippen molar-refractivity contribution in [3.8, 4) is 11.8 Å². The first kappa shape index (κ1) is 16.3. The van der Waals surface area contributed by atoms with Crippen LogP contribution >= 0.6 is 0 Å². The number of nitrogens with zero attached hydrogens (tertiary/aromatic N) is 1. The Hall–Kier alpha value is -3.06. The molecule has 0 aliphatic heterocycles. The fraction of sp³-hybridized carbons (Fsp3) is 0.158. The van der Waals surface area contributed by atoms with Crippen molar-refractivity contribution < 1.29 is 9.53 Å². The molecule has 116 valence electrons. The summed E-state index contributed by atoms with van der Waals surface area (Å²) >= 11 is 0. The molecule has 0 spiro atoms. The Balaban J connectivity index is 2.25. The van der Waals surface area contributed by atoms with Crippen LogP contribution in [0.15, 0.2) is 54.1 Å². The molecule has 4 heteroatoms. The molecule has 0 radical (unpaired) electrons. The van der Waals surface area contributed by atoms with E-state index in [2.05, 4.69) is 5.32 Å². The monoisotopic (exact) mass is 306 g/mol. The lowest BCUT2D eigenvalue weighted by molar-refractivity contribution is -0.112. The fourth-order valence-electron chi connectivity index (χ4n) is 2.09. The highest BCUT2D eigenvalue weighted by Crippen LogP contribution is 2.24. The van der Waals surface area contributed by atoms with Crippen molar-refractivity contribution in [2.75, 3.05) is 11.9 Å². The molecule has 0 atom stereocenters. The van der Waals surface area contributed by atoms with Crippen molar-refractivity contribution in [1.82, 2.24) is 0 Å². The van der Waals surface area contributed by atoms with Gasteiger partial charge >= 0.3 is 0 Å². The number of para-hydroxylation sites is 2. The minimum atomic E-state index is -0.456. The summed E-state index contributed by atoms with van der Waals surface area (Å²) in [5.74, 6) is 0.124. The molecule has 0 saturated heterocycles. The van der Waals surface area contributed by atoms with Crippen LogP contribution in [0.4, 0.5) is 5.69 Å². The molecule has 0 aliphatic rings. The van der Waals surface area contributed by atoms with Crippen LogP contribution in [0.25, 0.3) is 6.08 Å². The molecule has 2 rings (SSSR count). The van der Waals surface area contributed by atoms with Crippen molar-refractivity contribution in [3.05, 3.63) is 65.2 Å². The predicted molar refractivity (Wildman–Crippen MR) is 91.0 cm³/mol. The van der Waals surface area contributed by atoms with Gasteiger partial charge in [0.05, 0.1) is 12.3 Å². The Morgan fingerprint density at radius 3 is 2.61 bits per heavy atom. The standard InChI is InChI=1S/C19H18N2O2/c1-3-23-18-11-7-6-10-17(18)21-19(22)16(13-20)12-15-9-5-4-8-14(15)2/h4-12H,3H2,1-2H3,(H,21,22)/b16-12-. The van der Waals surface area contributed by atoms with E-state index in [0.717, 1.165) is 11.1 Å². The molecular weight excluding hydrogens is 288 g/mol. The number of nitrogens with one attached hydrogen (secondary N) is 1. The second kappa shape index (κ2) is 7.81. The van der Waals surface area contributed by atoms with Gasteiger partial charge in [-0.25, -0.2) is 0 Å². The molecule has 0 unspecified atom stereocenters. The lowest BCUT2D eigenvalue weighted by atomic mass is 10.1. The van der Waals surface area contributed by atoms with Gasteiger partial charge in [0, 0.05) is 0 Å². The summed E-state index contributed by atoms with van der Waals surface area (Å²) in [4.78, 5) is 12.4. The van der Waals surface area contributed by atoms with E-state index in [0.29, 0.717) is 18.0 Å². The van der Waals surface area contributed by atoms with Gasteiger partial charge in [-0.15, -0.1) is 0 Å². The number of ether oxygens (including phenoxy) is 1. The number of aryl methyl sites for hydroxylation is 1. The van der Waals surface area contributed by atoms with E-state index < -0.39 is 5.91 Å². The van der Waals surface area contributed by atoms with E-state index in [-0.39, 0.29) is 5.57 Å². The minimum Gasteiger partial charge on any atom is -0.492 e. The highest BCUT2D eigenvalue weighted by atomic mass is 16.5. The first-order valence-electron chi connectivity index (χ1n) is 7.36. The molecule has 2 aromatic carbocycles. The van der Waals surface area contributed by atoms with Gasteiger partial charge in [0.1, 0.15) is 17.4 Å². The average molecular weight is 306 g/mol. The molecule has 0 saturated carbocycles. The topological polar surface area (TPSA) is 62.1 Å². The van der Waals surface area contributed by atoms with Gasteiger partial charge in [-0.2, -0.15) is 5.26 Å². The summed E-state index contributed by atoms with van der Waals surface area (Å²) < 4.78 is 5.47. The van der Waals surface area contributed by atoms with Crippen LogP contribution in [0.5, 0.6) is 5.75 Å². The Bertz CT molecular complexity index is 773. The first-order chi connectivity index (χ1) is 11.2. The Labute approximate surface area is 136 Å². The summed E-state index contributed by atoms with van der Waals surface area (Å²) in [6.45, 7) is 4.30. The maximum absolute atomic E-state index is 12.4. The number of nitriles is 1. The Morgan fingerprint density at radius 1 is 1.22 bits per heavy atom. The molecule has 0 aromatic heterocycles. The maximum atomic E-state index is 12.4. The second-order valence-electron chi connectivity index (χ2n) is 4.91. The van der Waals surface area contributed by atoms with Crippen LogP contribution in [-0.4, -0.2) is 12.5 Å². The van der Waals surface area contributed by atoms with Crippen molar-refractivity contribution in [2.24, 2.45) is 0 Å². The Kier molecular flexibility index (Phi) is 5.54. The van der Waals surface area contributed by atoms with E-state index in [1.807, 2.05) is 50.2 Å². The number of carbonyl (C=O) groups is 1. The predicted octanol–water partition coefficient (Wildman–Crippen LogP) is 3.94. The van der Waals surface area contributed by atoms with E-state index >= 15 is 0 Å². The van der Waals surface area contributed by atoms with Crippen molar-refractivity contribution in [2.45, 2.75) is 13.8 Å². The molecule has 4 nitrogen and oxygen atoms in total. The van der Waals surface area contributed by atoms with Gasteiger partial charge in [0.2, 0.25) is 0 Å². The van der Waals surface area contributed by atoms with Crippen molar-refractivity contribution in [3.63, 3.8) is 0 Å². The van der Waals surface area contributed by atoms with Crippen LogP contribution in [0.2, 0.25) is 0 Å². The van der Waals surface area contributed by atoms with E-state index in [1.54, 1.807) is 24.3 Å². The van der Waals surface area contributed by atoms with Gasteiger partial charge in [-0.1, -0.05) is 36.4 Å². The summed E-state index contributed by atoms with van der Waals surface area (Å²) in [5, 5.41) is 12.0. The quantitative estimate of drug-likeness (QED) is 0.672. The first-order valence-corrected chi connectivity index (χ1v) is 7.36. The number of carbonyl (C=O) groups excluding carboxylic acids is 1. The van der Waals surface area contributed by atoms with Gasteiger partial charge in [-0.05, 0) is 43.2 Å². The maximum Gasteiger partial charge on any atom is 0.266 e. The molecule has 0 fully saturated rings. The van der Waals surface area contributed by atoms with E-state index in [4.69, 9.17) is 4.74 Å². The van der Waals surface area contributed by atoms with Crippen molar-refractivity contribution >= 4 is 17.7 Å². The number of hydrogen-bond acceptors (Lipinski definition) is 3. The van der Waals surface area contributed by atoms with Gasteiger partial charge < -0.3 is 10.1 Å². The summed E-state index contributed by atoms with van der Waals surface area (Å²) in [7, 11) is 0. The van der Waals surface area contributed by atoms with Gasteiger partial charge in [0.25, 0.3) is 5.91 Å². The summed E-state index contributed by atoms with van der Waals surface area (Å²) in [6.07, 6.45) is 1.59. The molecule has 23 heavy (non-hydrogen) atoms. The number of rotatable bonds is 5. The van der Waals surface area contributed by atoms with Gasteiger partial charge in [0.15, 0.2) is 0 Å². The molecule has 0 aliphatic carbocycles. The highest BCUT2D eigenvalue weighted by Gasteiger charge is 2.12. The lowest BCUT2D eigenvalue weighted by Crippen LogP contribution is -2.14. The van der Waals surface area contributed by atoms with Crippen LogP contribution in [-0.2, 0) is 4.79 Å². The fourth-order valence-corrected chi connectivity index (χ4v) is 2.09. The van der Waals surface area contributed by atoms with Crippen LogP contribution in [0.1, 0.15) is 18.1 Å². The molecule has 1 amide bonds. The normalized spacial score (nSPS) is 10.7. The lowest BCUT2D eigenvalue weighted by Gasteiger charge is -2.11. The number of amides is 1. The molecule has 0 bridgehead atoms. The highest BCUT2D eigenvalue weighted by molar-refractivity contribution is 6.10. The molecular formula is C19H18N2O2. The number of anilines is 1. The molecule has 2 aromatic rings. The summed E-state index contributed by atoms with van der Waals surface area (Å²) in [6, 6.07) is 16.7. The second-order valence-corrected chi connectivity index (χ2v) is 4.91. The van der Waals surface area contributed by atoms with Crippen LogP contribution in [0, 0.1) is 18.3 Å². The SMILES string of the molecule is CCOc1ccccc1NC(=O)/C(C#N)=C\c1ccccc1C. The van der Waals surface area contributed by atoms with Gasteiger partial charge in [-0.3, -0.25) is 4.79 Å². The third-order valence-corrected chi connectivity index (χ3v) is 3.29. The molecule has 0 heterocycles. The largest absolute Gasteiger partial charge is 0.492 e. The Morgan fingerprint density at radius 2 is 1.91 bits per heavy atom. The average Bonchev–Trinajstić information content (AvgIpc) is 2.56. The number of hydrogen-bond donors (Lipinski definition) is 1. The van der Waals surface area contributed by atoms with Crippen LogP contribution in [0.3, 0.4) is 0 Å². The van der Waals surface area contributed by atoms with Crippen LogP contribution < -0.4 is 10.1 Å². The molecule has 1 N–H and O–H groups in total. The minimum absolute atomic E-state index is 0.0469. The zero-order valence-electron chi connectivity index (χ0n) is 13.2. The summed E-state index contributed by atoms with van der Waals surface area (Å²) in [5.41, 5.74) is 2.44. The third kappa shape index (κ3) is 4.21. The van der Waals surface area contributed by atoms with E-state index in [9.17, 15) is 10.1 Å². The zero-order valence-corrected chi connectivity index (χ0v) is 13.2. The smallest absolute Gasteiger partial charge is 0.266 e.